The third kappa shape index (κ3) is 1.67. The summed E-state index contributed by atoms with van der Waals surface area (Å²) in [6.45, 7) is 4.78. The molecule has 0 aliphatic carbocycles. The van der Waals surface area contributed by atoms with Crippen molar-refractivity contribution < 1.29 is 9.53 Å². The molecular formula is C9H15NO2. The van der Waals surface area contributed by atoms with Crippen LogP contribution >= 0.6 is 0 Å². The van der Waals surface area contributed by atoms with Gasteiger partial charge in [0.15, 0.2) is 0 Å². The number of likely N-dealkylation sites (N-methyl/N-ethyl adjacent to an activating group) is 1. The predicted molar refractivity (Wildman–Crippen MR) is 46.8 cm³/mol. The van der Waals surface area contributed by atoms with Crippen molar-refractivity contribution in [3.8, 4) is 0 Å². The number of ether oxygens (including phenoxy) is 1. The monoisotopic (exact) mass is 169 g/mol. The van der Waals surface area contributed by atoms with E-state index in [0.29, 0.717) is 5.57 Å². The largest absolute Gasteiger partial charge is 0.466 e. The summed E-state index contributed by atoms with van der Waals surface area (Å²) in [7, 11) is 3.40. The molecule has 1 rings (SSSR count). The van der Waals surface area contributed by atoms with E-state index in [0.717, 1.165) is 19.4 Å². The summed E-state index contributed by atoms with van der Waals surface area (Å²) in [5.41, 5.74) is 0.581. The second kappa shape index (κ2) is 3.72. The highest BCUT2D eigenvalue weighted by Gasteiger charge is 2.27. The van der Waals surface area contributed by atoms with E-state index in [9.17, 15) is 4.79 Å². The molecule has 3 heteroatoms. The topological polar surface area (TPSA) is 29.5 Å². The fraction of sp³-hybridized carbons (Fsp3) is 0.667. The van der Waals surface area contributed by atoms with Crippen LogP contribution in [0.5, 0.6) is 0 Å². The van der Waals surface area contributed by atoms with E-state index in [1.54, 1.807) is 0 Å². The van der Waals surface area contributed by atoms with Crippen molar-refractivity contribution >= 4 is 5.97 Å². The molecule has 0 amide bonds. The number of hydrogen-bond acceptors (Lipinski definition) is 3. The zero-order valence-corrected chi connectivity index (χ0v) is 7.67. The maximum absolute atomic E-state index is 11.1. The summed E-state index contributed by atoms with van der Waals surface area (Å²) in [6, 6.07) is 0.192. The molecule has 0 radical (unpaired) electrons. The average Bonchev–Trinajstić information content (AvgIpc) is 2.48. The molecular weight excluding hydrogens is 154 g/mol. The van der Waals surface area contributed by atoms with Crippen LogP contribution in [0.25, 0.3) is 0 Å². The highest BCUT2D eigenvalue weighted by atomic mass is 16.5. The van der Waals surface area contributed by atoms with Crippen molar-refractivity contribution in [2.45, 2.75) is 18.9 Å². The lowest BCUT2D eigenvalue weighted by Gasteiger charge is -2.19. The lowest BCUT2D eigenvalue weighted by Crippen LogP contribution is -2.30. The molecule has 1 saturated heterocycles. The minimum Gasteiger partial charge on any atom is -0.466 e. The van der Waals surface area contributed by atoms with Gasteiger partial charge in [0.05, 0.1) is 7.11 Å². The van der Waals surface area contributed by atoms with Gasteiger partial charge in [-0.1, -0.05) is 6.58 Å². The van der Waals surface area contributed by atoms with Crippen LogP contribution in [-0.2, 0) is 9.53 Å². The lowest BCUT2D eigenvalue weighted by atomic mass is 10.1. The molecule has 3 nitrogen and oxygen atoms in total. The Hall–Kier alpha value is -0.830. The number of rotatable bonds is 2. The molecule has 0 saturated carbocycles. The van der Waals surface area contributed by atoms with Gasteiger partial charge in [-0.2, -0.15) is 0 Å². The summed E-state index contributed by atoms with van der Waals surface area (Å²) < 4.78 is 4.61. The summed E-state index contributed by atoms with van der Waals surface area (Å²) in [5, 5.41) is 0. The Labute approximate surface area is 73.0 Å². The first-order chi connectivity index (χ1) is 5.66. The van der Waals surface area contributed by atoms with Crippen molar-refractivity contribution in [2.24, 2.45) is 0 Å². The highest BCUT2D eigenvalue weighted by Crippen LogP contribution is 2.21. The molecule has 0 N–H and O–H groups in total. The van der Waals surface area contributed by atoms with Crippen molar-refractivity contribution in [3.63, 3.8) is 0 Å². The van der Waals surface area contributed by atoms with E-state index in [4.69, 9.17) is 0 Å². The summed E-state index contributed by atoms with van der Waals surface area (Å²) >= 11 is 0. The molecule has 1 atom stereocenters. The quantitative estimate of drug-likeness (QED) is 0.452. The first-order valence-electron chi connectivity index (χ1n) is 4.14. The second-order valence-electron chi connectivity index (χ2n) is 3.16. The zero-order valence-electron chi connectivity index (χ0n) is 7.67. The van der Waals surface area contributed by atoms with E-state index in [-0.39, 0.29) is 12.0 Å². The van der Waals surface area contributed by atoms with Gasteiger partial charge in [0.2, 0.25) is 0 Å². The minimum atomic E-state index is -0.284. The lowest BCUT2D eigenvalue weighted by molar-refractivity contribution is -0.136. The zero-order chi connectivity index (χ0) is 9.14. The Balaban J connectivity index is 2.57. The van der Waals surface area contributed by atoms with E-state index in [1.807, 2.05) is 7.05 Å². The molecule has 1 heterocycles. The van der Waals surface area contributed by atoms with Gasteiger partial charge in [-0.15, -0.1) is 0 Å². The van der Waals surface area contributed by atoms with Gasteiger partial charge in [0.25, 0.3) is 0 Å². The average molecular weight is 169 g/mol. The van der Waals surface area contributed by atoms with Gasteiger partial charge in [0.1, 0.15) is 0 Å². The SMILES string of the molecule is C=C(C(=O)OC)C1CCCN1C. The Morgan fingerprint density at radius 1 is 1.67 bits per heavy atom. The van der Waals surface area contributed by atoms with Gasteiger partial charge >= 0.3 is 5.97 Å². The molecule has 1 aliphatic rings. The van der Waals surface area contributed by atoms with Crippen LogP contribution in [0.3, 0.4) is 0 Å². The molecule has 0 aromatic carbocycles. The molecule has 0 bridgehead atoms. The maximum Gasteiger partial charge on any atom is 0.334 e. The molecule has 0 aromatic rings. The van der Waals surface area contributed by atoms with Crippen LogP contribution in [0.2, 0.25) is 0 Å². The predicted octanol–water partition coefficient (Wildman–Crippen LogP) is 0.810. The van der Waals surface area contributed by atoms with Crippen molar-refractivity contribution in [3.05, 3.63) is 12.2 Å². The smallest absolute Gasteiger partial charge is 0.334 e. The number of carbonyl (C=O) groups is 1. The fourth-order valence-corrected chi connectivity index (χ4v) is 1.62. The van der Waals surface area contributed by atoms with Gasteiger partial charge in [-0.05, 0) is 26.4 Å². The van der Waals surface area contributed by atoms with E-state index in [2.05, 4.69) is 16.2 Å². The van der Waals surface area contributed by atoms with Crippen molar-refractivity contribution in [1.82, 2.24) is 4.90 Å². The normalized spacial score (nSPS) is 24.0. The highest BCUT2D eigenvalue weighted by molar-refractivity contribution is 5.89. The van der Waals surface area contributed by atoms with Crippen LogP contribution in [0, 0.1) is 0 Å². The molecule has 1 aliphatic heterocycles. The van der Waals surface area contributed by atoms with Crippen LogP contribution in [0.1, 0.15) is 12.8 Å². The molecule has 12 heavy (non-hydrogen) atoms. The third-order valence-electron chi connectivity index (χ3n) is 2.37. The summed E-state index contributed by atoms with van der Waals surface area (Å²) in [6.07, 6.45) is 2.15. The number of esters is 1. The fourth-order valence-electron chi connectivity index (χ4n) is 1.62. The molecule has 0 spiro atoms. The minimum absolute atomic E-state index is 0.192. The Morgan fingerprint density at radius 3 is 2.75 bits per heavy atom. The Kier molecular flexibility index (Phi) is 2.87. The number of carbonyl (C=O) groups excluding carboxylic acids is 1. The van der Waals surface area contributed by atoms with Crippen LogP contribution in [0.4, 0.5) is 0 Å². The molecule has 68 valence electrons. The van der Waals surface area contributed by atoms with Crippen LogP contribution in [0.15, 0.2) is 12.2 Å². The second-order valence-corrected chi connectivity index (χ2v) is 3.16. The summed E-state index contributed by atoms with van der Waals surface area (Å²) in [5.74, 6) is -0.284. The van der Waals surface area contributed by atoms with Gasteiger partial charge in [0, 0.05) is 11.6 Å². The van der Waals surface area contributed by atoms with Crippen LogP contribution in [-0.4, -0.2) is 37.6 Å². The number of methoxy groups -OCH3 is 1. The van der Waals surface area contributed by atoms with E-state index >= 15 is 0 Å². The first kappa shape index (κ1) is 9.26. The number of nitrogens with zero attached hydrogens (tertiary/aromatic N) is 1. The standard InChI is InChI=1S/C9H15NO2/c1-7(9(11)12-3)8-5-4-6-10(8)2/h8H,1,4-6H2,2-3H3. The molecule has 1 unspecified atom stereocenters. The van der Waals surface area contributed by atoms with Crippen molar-refractivity contribution in [2.75, 3.05) is 20.7 Å². The third-order valence-corrected chi connectivity index (χ3v) is 2.37. The maximum atomic E-state index is 11.1. The summed E-state index contributed by atoms with van der Waals surface area (Å²) in [4.78, 5) is 13.2. The Morgan fingerprint density at radius 2 is 2.33 bits per heavy atom. The van der Waals surface area contributed by atoms with Gasteiger partial charge in [-0.25, -0.2) is 4.79 Å². The number of likely N-dealkylation sites (tertiary alicyclic amines) is 1. The Bertz CT molecular complexity index is 201. The van der Waals surface area contributed by atoms with Crippen molar-refractivity contribution in [1.29, 1.82) is 0 Å². The molecule has 1 fully saturated rings. The van der Waals surface area contributed by atoms with Gasteiger partial charge in [-0.3, -0.25) is 4.90 Å². The van der Waals surface area contributed by atoms with E-state index in [1.165, 1.54) is 7.11 Å². The van der Waals surface area contributed by atoms with E-state index < -0.39 is 0 Å². The molecule has 0 aromatic heterocycles. The first-order valence-corrected chi connectivity index (χ1v) is 4.14. The van der Waals surface area contributed by atoms with Crippen LogP contribution < -0.4 is 0 Å². The van der Waals surface area contributed by atoms with Gasteiger partial charge < -0.3 is 4.74 Å². The number of hydrogen-bond donors (Lipinski definition) is 0.